The molecule has 0 radical (unpaired) electrons. The summed E-state index contributed by atoms with van der Waals surface area (Å²) in [5.74, 6) is 0.418. The van der Waals surface area contributed by atoms with Crippen LogP contribution in [-0.2, 0) is 14.2 Å². The molecule has 0 heterocycles. The lowest BCUT2D eigenvalue weighted by Gasteiger charge is -2.21. The first-order valence-electron chi connectivity index (χ1n) is 21.6. The average Bonchev–Trinajstić information content (AvgIpc) is 3.11. The number of ether oxygens (including phenoxy) is 3. The molecule has 0 fully saturated rings. The van der Waals surface area contributed by atoms with Gasteiger partial charge in [0.25, 0.3) is 0 Å². The van der Waals surface area contributed by atoms with Crippen molar-refractivity contribution in [3.63, 3.8) is 0 Å². The topological polar surface area (TPSA) is 30.9 Å². The highest BCUT2D eigenvalue weighted by Gasteiger charge is 2.12. The van der Waals surface area contributed by atoms with Gasteiger partial charge in [-0.25, -0.2) is 0 Å². The maximum absolute atomic E-state index is 6.29. The van der Waals surface area contributed by atoms with E-state index >= 15 is 0 Å². The third-order valence-electron chi connectivity index (χ3n) is 9.19. The van der Waals surface area contributed by atoms with Crippen molar-refractivity contribution in [3.05, 3.63) is 48.6 Å². The normalized spacial score (nSPS) is 13.7. The van der Waals surface area contributed by atoms with Crippen LogP contribution < -0.4 is 0 Å². The van der Waals surface area contributed by atoms with Gasteiger partial charge in [-0.2, -0.15) is 0 Å². The molecular weight excluding hydrogens is 615 g/mol. The maximum Gasteiger partial charge on any atom is 0.0820 e. The molecule has 0 aromatic rings. The van der Waals surface area contributed by atoms with Gasteiger partial charge >= 0.3 is 0 Å². The van der Waals surface area contributed by atoms with E-state index in [4.69, 9.17) is 14.2 Å². The SMILES string of the molecule is CCCCC/C=C\C/C=C\CCCCCCCCOCC(C)COCC(CCN(C)C)OCCCCCCCC/C=C\C/C=C\CCCCC. The van der Waals surface area contributed by atoms with Crippen LogP contribution in [0.2, 0.25) is 0 Å². The molecule has 0 aliphatic heterocycles. The Labute approximate surface area is 314 Å². The van der Waals surface area contributed by atoms with Crippen LogP contribution >= 0.6 is 0 Å². The van der Waals surface area contributed by atoms with Crippen LogP contribution in [0, 0.1) is 5.92 Å². The quantitative estimate of drug-likeness (QED) is 0.0470. The summed E-state index contributed by atoms with van der Waals surface area (Å²) in [6.07, 6.45) is 50.6. The summed E-state index contributed by atoms with van der Waals surface area (Å²) in [5, 5.41) is 0. The van der Waals surface area contributed by atoms with Gasteiger partial charge in [-0.15, -0.1) is 0 Å². The van der Waals surface area contributed by atoms with Crippen LogP contribution in [0.3, 0.4) is 0 Å². The minimum absolute atomic E-state index is 0.182. The molecule has 0 spiro atoms. The summed E-state index contributed by atoms with van der Waals surface area (Å²) in [7, 11) is 4.27. The van der Waals surface area contributed by atoms with Crippen molar-refractivity contribution >= 4 is 0 Å². The van der Waals surface area contributed by atoms with E-state index in [1.807, 2.05) is 0 Å². The first kappa shape index (κ1) is 48.8. The predicted molar refractivity (Wildman–Crippen MR) is 222 cm³/mol. The van der Waals surface area contributed by atoms with Crippen molar-refractivity contribution in [1.82, 2.24) is 4.90 Å². The number of hydrogen-bond acceptors (Lipinski definition) is 4. The van der Waals surface area contributed by atoms with Crippen LogP contribution in [0.25, 0.3) is 0 Å². The Morgan fingerprint density at radius 1 is 0.460 bits per heavy atom. The summed E-state index contributed by atoms with van der Waals surface area (Å²) in [6, 6.07) is 0. The van der Waals surface area contributed by atoms with Crippen molar-refractivity contribution < 1.29 is 14.2 Å². The lowest BCUT2D eigenvalue weighted by molar-refractivity contribution is -0.0375. The van der Waals surface area contributed by atoms with Gasteiger partial charge in [-0.05, 0) is 97.6 Å². The number of nitrogens with zero attached hydrogens (tertiary/aromatic N) is 1. The van der Waals surface area contributed by atoms with E-state index in [-0.39, 0.29) is 6.10 Å². The highest BCUT2D eigenvalue weighted by molar-refractivity contribution is 4.93. The molecular formula is C46H87NO3. The molecule has 4 nitrogen and oxygen atoms in total. The molecule has 50 heavy (non-hydrogen) atoms. The standard InChI is InChI=1S/C46H87NO3/c1-6-8-10-12-14-16-18-20-22-24-26-28-30-32-34-36-40-48-42-45(3)43-49-44-46(38-39-47(4)5)50-41-37-35-33-31-29-27-25-23-21-19-17-15-13-11-9-7-2/h14-17,20-23,45-46H,6-13,18-19,24-44H2,1-5H3/b16-14-,17-15-,22-20-,23-21-. The number of allylic oxidation sites excluding steroid dienone is 8. The Morgan fingerprint density at radius 3 is 1.36 bits per heavy atom. The van der Waals surface area contributed by atoms with Crippen molar-refractivity contribution in [2.75, 3.05) is 53.7 Å². The third-order valence-corrected chi connectivity index (χ3v) is 9.19. The average molecular weight is 702 g/mol. The fourth-order valence-corrected chi connectivity index (χ4v) is 5.88. The van der Waals surface area contributed by atoms with Gasteiger partial charge in [0.05, 0.1) is 25.9 Å². The Hall–Kier alpha value is -1.20. The maximum atomic E-state index is 6.29. The van der Waals surface area contributed by atoms with E-state index in [2.05, 4.69) is 88.4 Å². The zero-order valence-electron chi connectivity index (χ0n) is 34.4. The Balaban J connectivity index is 3.71. The molecule has 0 aromatic carbocycles. The van der Waals surface area contributed by atoms with Gasteiger partial charge < -0.3 is 19.1 Å². The number of rotatable bonds is 40. The minimum Gasteiger partial charge on any atom is -0.381 e. The van der Waals surface area contributed by atoms with Crippen LogP contribution in [-0.4, -0.2) is 64.7 Å². The Morgan fingerprint density at radius 2 is 0.880 bits per heavy atom. The molecule has 2 unspecified atom stereocenters. The van der Waals surface area contributed by atoms with E-state index in [1.165, 1.54) is 135 Å². The van der Waals surface area contributed by atoms with E-state index in [0.29, 0.717) is 12.5 Å². The van der Waals surface area contributed by atoms with Gasteiger partial charge in [-0.3, -0.25) is 0 Å². The van der Waals surface area contributed by atoms with Gasteiger partial charge in [0.15, 0.2) is 0 Å². The van der Waals surface area contributed by atoms with Crippen molar-refractivity contribution in [2.24, 2.45) is 5.92 Å². The lowest BCUT2D eigenvalue weighted by Crippen LogP contribution is -2.27. The molecule has 0 amide bonds. The largest absolute Gasteiger partial charge is 0.381 e. The molecule has 2 atom stereocenters. The van der Waals surface area contributed by atoms with E-state index < -0.39 is 0 Å². The molecule has 4 heteroatoms. The zero-order chi connectivity index (χ0) is 36.4. The molecule has 0 aromatic heterocycles. The van der Waals surface area contributed by atoms with Crippen LogP contribution in [0.15, 0.2) is 48.6 Å². The van der Waals surface area contributed by atoms with E-state index in [0.717, 1.165) is 58.7 Å². The number of unbranched alkanes of at least 4 members (excludes halogenated alkanes) is 18. The second-order valence-corrected chi connectivity index (χ2v) is 15.0. The van der Waals surface area contributed by atoms with Crippen molar-refractivity contribution in [2.45, 2.75) is 187 Å². The second kappa shape index (κ2) is 42.2. The third kappa shape index (κ3) is 41.2. The van der Waals surface area contributed by atoms with Gasteiger partial charge in [-0.1, -0.05) is 146 Å². The van der Waals surface area contributed by atoms with E-state index in [1.54, 1.807) is 0 Å². The molecule has 0 aliphatic carbocycles. The minimum atomic E-state index is 0.182. The predicted octanol–water partition coefficient (Wildman–Crippen LogP) is 13.6. The first-order chi connectivity index (χ1) is 24.6. The summed E-state index contributed by atoms with van der Waals surface area (Å²) >= 11 is 0. The second-order valence-electron chi connectivity index (χ2n) is 15.0. The van der Waals surface area contributed by atoms with Crippen LogP contribution in [0.4, 0.5) is 0 Å². The van der Waals surface area contributed by atoms with Crippen molar-refractivity contribution in [3.8, 4) is 0 Å². The highest BCUT2D eigenvalue weighted by atomic mass is 16.5. The first-order valence-corrected chi connectivity index (χ1v) is 21.6. The van der Waals surface area contributed by atoms with Gasteiger partial charge in [0, 0.05) is 25.7 Å². The molecule has 0 N–H and O–H groups in total. The van der Waals surface area contributed by atoms with Crippen LogP contribution in [0.5, 0.6) is 0 Å². The fraction of sp³-hybridized carbons (Fsp3) is 0.826. The Kier molecular flexibility index (Phi) is 41.2. The summed E-state index contributed by atoms with van der Waals surface area (Å²) in [5.41, 5.74) is 0. The molecule has 0 rings (SSSR count). The monoisotopic (exact) mass is 702 g/mol. The molecule has 0 bridgehead atoms. The number of hydrogen-bond donors (Lipinski definition) is 0. The zero-order valence-corrected chi connectivity index (χ0v) is 34.4. The van der Waals surface area contributed by atoms with Crippen molar-refractivity contribution in [1.29, 1.82) is 0 Å². The fourth-order valence-electron chi connectivity index (χ4n) is 5.88. The highest BCUT2D eigenvalue weighted by Crippen LogP contribution is 2.11. The lowest BCUT2D eigenvalue weighted by atomic mass is 10.1. The van der Waals surface area contributed by atoms with E-state index in [9.17, 15) is 0 Å². The Bertz CT molecular complexity index is 758. The molecule has 0 aliphatic rings. The van der Waals surface area contributed by atoms with Gasteiger partial charge in [0.2, 0.25) is 0 Å². The van der Waals surface area contributed by atoms with Gasteiger partial charge in [0.1, 0.15) is 0 Å². The molecule has 0 saturated heterocycles. The smallest absolute Gasteiger partial charge is 0.0820 e. The molecule has 0 saturated carbocycles. The molecule has 294 valence electrons. The van der Waals surface area contributed by atoms with Crippen LogP contribution in [0.1, 0.15) is 181 Å². The summed E-state index contributed by atoms with van der Waals surface area (Å²) < 4.78 is 18.4. The summed E-state index contributed by atoms with van der Waals surface area (Å²) in [6.45, 7) is 11.7. The summed E-state index contributed by atoms with van der Waals surface area (Å²) in [4.78, 5) is 2.24.